The highest BCUT2D eigenvalue weighted by Crippen LogP contribution is 2.22. The predicted octanol–water partition coefficient (Wildman–Crippen LogP) is 3.87. The summed E-state index contributed by atoms with van der Waals surface area (Å²) in [5, 5.41) is 0. The van der Waals surface area contributed by atoms with Crippen LogP contribution in [-0.4, -0.2) is 45.7 Å². The normalized spacial score (nSPS) is 14.9. The molecule has 150 valence electrons. The van der Waals surface area contributed by atoms with E-state index in [2.05, 4.69) is 11.9 Å². The van der Waals surface area contributed by atoms with Crippen LogP contribution < -0.4 is 4.90 Å². The minimum absolute atomic E-state index is 0.111. The highest BCUT2D eigenvalue weighted by atomic mass is 16.2. The van der Waals surface area contributed by atoms with E-state index in [9.17, 15) is 9.59 Å². The summed E-state index contributed by atoms with van der Waals surface area (Å²) in [6, 6.07) is 15.1. The first kappa shape index (κ1) is 19.2. The molecule has 1 aliphatic heterocycles. The second-order valence-corrected chi connectivity index (χ2v) is 7.60. The van der Waals surface area contributed by atoms with Crippen LogP contribution in [0.15, 0.2) is 54.7 Å². The third-order valence-electron chi connectivity index (χ3n) is 5.64. The number of fused-ring (bicyclic) bond motifs is 1. The van der Waals surface area contributed by atoms with Crippen LogP contribution in [0, 0.1) is 5.92 Å². The third kappa shape index (κ3) is 3.62. The number of rotatable bonds is 4. The second-order valence-electron chi connectivity index (χ2n) is 7.60. The zero-order chi connectivity index (χ0) is 20.4. The largest absolute Gasteiger partial charge is 0.336 e. The molecule has 29 heavy (non-hydrogen) atoms. The van der Waals surface area contributed by atoms with Gasteiger partial charge in [-0.2, -0.15) is 0 Å². The van der Waals surface area contributed by atoms with Crippen molar-refractivity contribution in [1.29, 1.82) is 0 Å². The van der Waals surface area contributed by atoms with Gasteiger partial charge in [-0.25, -0.2) is 4.98 Å². The van der Waals surface area contributed by atoms with Crippen LogP contribution in [0.3, 0.4) is 0 Å². The van der Waals surface area contributed by atoms with Gasteiger partial charge in [0.2, 0.25) is 5.82 Å². The van der Waals surface area contributed by atoms with E-state index in [1.807, 2.05) is 60.4 Å². The van der Waals surface area contributed by atoms with Crippen molar-refractivity contribution in [3.8, 4) is 0 Å². The van der Waals surface area contributed by atoms with E-state index in [4.69, 9.17) is 0 Å². The van der Waals surface area contributed by atoms with Gasteiger partial charge in [0.15, 0.2) is 5.69 Å². The molecule has 1 saturated heterocycles. The second kappa shape index (κ2) is 8.07. The summed E-state index contributed by atoms with van der Waals surface area (Å²) in [6.07, 6.45) is 3.80. The van der Waals surface area contributed by atoms with E-state index < -0.39 is 0 Å². The molecule has 1 aromatic carbocycles. The molecule has 0 saturated carbocycles. The van der Waals surface area contributed by atoms with Crippen LogP contribution in [0.1, 0.15) is 47.8 Å². The molecule has 3 heterocycles. The first-order chi connectivity index (χ1) is 14.1. The minimum Gasteiger partial charge on any atom is -0.336 e. The number of hydrogen-bond acceptors (Lipinski definition) is 3. The summed E-state index contributed by atoms with van der Waals surface area (Å²) in [6.45, 7) is 6.13. The van der Waals surface area contributed by atoms with Gasteiger partial charge in [0.1, 0.15) is 0 Å². The highest BCUT2D eigenvalue weighted by molar-refractivity contribution is 6.10. The fourth-order valence-corrected chi connectivity index (χ4v) is 3.88. The zero-order valence-electron chi connectivity index (χ0n) is 16.9. The van der Waals surface area contributed by atoms with Crippen molar-refractivity contribution in [2.24, 2.45) is 5.92 Å². The molecule has 6 heteroatoms. The Morgan fingerprint density at radius 3 is 2.45 bits per heavy atom. The Balaban J connectivity index is 1.72. The molecule has 0 N–H and O–H groups in total. The van der Waals surface area contributed by atoms with Gasteiger partial charge in [-0.3, -0.25) is 14.0 Å². The number of para-hydroxylation sites is 1. The number of benzene rings is 1. The number of hydrogen-bond donors (Lipinski definition) is 0. The van der Waals surface area contributed by atoms with E-state index in [1.54, 1.807) is 15.5 Å². The number of likely N-dealkylation sites (tertiary alicyclic amines) is 1. The molecular formula is C23H26N4O2. The Hall–Kier alpha value is -3.15. The van der Waals surface area contributed by atoms with Crippen molar-refractivity contribution in [2.45, 2.75) is 26.7 Å². The Morgan fingerprint density at radius 1 is 1.07 bits per heavy atom. The molecule has 2 aromatic heterocycles. The Bertz CT molecular complexity index is 1020. The highest BCUT2D eigenvalue weighted by Gasteiger charge is 2.29. The number of aromatic nitrogens is 2. The van der Waals surface area contributed by atoms with Gasteiger partial charge in [0.05, 0.1) is 5.52 Å². The fourth-order valence-electron chi connectivity index (χ4n) is 3.88. The molecule has 0 spiro atoms. The Labute approximate surface area is 170 Å². The predicted molar refractivity (Wildman–Crippen MR) is 113 cm³/mol. The number of carbonyl (C=O) groups excluding carboxylic acids is 2. The SMILES string of the molecule is CCN(C(=O)c1nc(C(=O)N2CCC(C)CC2)n2ccccc12)c1ccccc1. The number of carbonyl (C=O) groups is 2. The number of amides is 2. The molecule has 4 rings (SSSR count). The van der Waals surface area contributed by atoms with Gasteiger partial charge >= 0.3 is 0 Å². The summed E-state index contributed by atoms with van der Waals surface area (Å²) in [5.74, 6) is 0.633. The molecular weight excluding hydrogens is 364 g/mol. The summed E-state index contributed by atoms with van der Waals surface area (Å²) in [7, 11) is 0. The van der Waals surface area contributed by atoms with Crippen molar-refractivity contribution >= 4 is 23.0 Å². The van der Waals surface area contributed by atoms with Gasteiger partial charge in [-0.15, -0.1) is 0 Å². The summed E-state index contributed by atoms with van der Waals surface area (Å²) in [4.78, 5) is 34.7. The zero-order valence-corrected chi connectivity index (χ0v) is 16.9. The van der Waals surface area contributed by atoms with Gasteiger partial charge < -0.3 is 9.80 Å². The van der Waals surface area contributed by atoms with Gasteiger partial charge in [0.25, 0.3) is 11.8 Å². The number of imidazole rings is 1. The standard InChI is InChI=1S/C23H26N4O2/c1-3-26(18-9-5-4-6-10-18)22(28)20-19-11-7-8-14-27(19)21(24-20)23(29)25-15-12-17(2)13-16-25/h4-11,14,17H,3,12-13,15-16H2,1-2H3. The molecule has 0 aliphatic carbocycles. The molecule has 0 unspecified atom stereocenters. The number of anilines is 1. The van der Waals surface area contributed by atoms with E-state index in [1.165, 1.54) is 0 Å². The maximum Gasteiger partial charge on any atom is 0.290 e. The smallest absolute Gasteiger partial charge is 0.290 e. The van der Waals surface area contributed by atoms with E-state index in [-0.39, 0.29) is 11.8 Å². The molecule has 0 bridgehead atoms. The summed E-state index contributed by atoms with van der Waals surface area (Å²) >= 11 is 0. The third-order valence-corrected chi connectivity index (χ3v) is 5.64. The topological polar surface area (TPSA) is 57.9 Å². The molecule has 0 radical (unpaired) electrons. The average molecular weight is 390 g/mol. The van der Waals surface area contributed by atoms with Crippen molar-refractivity contribution in [3.05, 3.63) is 66.2 Å². The van der Waals surface area contributed by atoms with Crippen LogP contribution >= 0.6 is 0 Å². The quantitative estimate of drug-likeness (QED) is 0.679. The molecule has 6 nitrogen and oxygen atoms in total. The van der Waals surface area contributed by atoms with Crippen molar-refractivity contribution in [3.63, 3.8) is 0 Å². The van der Waals surface area contributed by atoms with Crippen LogP contribution in [-0.2, 0) is 0 Å². The monoisotopic (exact) mass is 390 g/mol. The van der Waals surface area contributed by atoms with Crippen LogP contribution in [0.25, 0.3) is 5.52 Å². The maximum atomic E-state index is 13.4. The van der Waals surface area contributed by atoms with Crippen molar-refractivity contribution in [1.82, 2.24) is 14.3 Å². The van der Waals surface area contributed by atoms with E-state index >= 15 is 0 Å². The molecule has 1 aliphatic rings. The van der Waals surface area contributed by atoms with Gasteiger partial charge in [-0.05, 0) is 49.9 Å². The molecule has 2 amide bonds. The van der Waals surface area contributed by atoms with Crippen LogP contribution in [0.4, 0.5) is 5.69 Å². The number of nitrogens with zero attached hydrogens (tertiary/aromatic N) is 4. The van der Waals surface area contributed by atoms with E-state index in [0.717, 1.165) is 31.6 Å². The molecule has 3 aromatic rings. The lowest BCUT2D eigenvalue weighted by molar-refractivity contribution is 0.0684. The number of piperidine rings is 1. The van der Waals surface area contributed by atoms with Gasteiger partial charge in [-0.1, -0.05) is 31.2 Å². The van der Waals surface area contributed by atoms with Crippen molar-refractivity contribution < 1.29 is 9.59 Å². The van der Waals surface area contributed by atoms with Crippen LogP contribution in [0.2, 0.25) is 0 Å². The minimum atomic E-state index is -0.200. The summed E-state index contributed by atoms with van der Waals surface area (Å²) in [5.41, 5.74) is 1.78. The lowest BCUT2D eigenvalue weighted by Crippen LogP contribution is -2.38. The molecule has 1 fully saturated rings. The Kier molecular flexibility index (Phi) is 5.34. The van der Waals surface area contributed by atoms with E-state index in [0.29, 0.717) is 29.5 Å². The van der Waals surface area contributed by atoms with Crippen molar-refractivity contribution in [2.75, 3.05) is 24.5 Å². The first-order valence-corrected chi connectivity index (χ1v) is 10.2. The number of pyridine rings is 1. The first-order valence-electron chi connectivity index (χ1n) is 10.2. The molecule has 0 atom stereocenters. The fraction of sp³-hybridized carbons (Fsp3) is 0.348. The lowest BCUT2D eigenvalue weighted by Gasteiger charge is -2.29. The van der Waals surface area contributed by atoms with Gasteiger partial charge in [0, 0.05) is 31.5 Å². The summed E-state index contributed by atoms with van der Waals surface area (Å²) < 4.78 is 1.74. The average Bonchev–Trinajstić information content (AvgIpc) is 3.15. The van der Waals surface area contributed by atoms with Crippen LogP contribution in [0.5, 0.6) is 0 Å². The Morgan fingerprint density at radius 2 is 1.76 bits per heavy atom. The lowest BCUT2D eigenvalue weighted by atomic mass is 9.99. The maximum absolute atomic E-state index is 13.4.